The minimum atomic E-state index is -2.44. The van der Waals surface area contributed by atoms with Crippen LogP contribution in [0.1, 0.15) is 147 Å². The Bertz CT molecular complexity index is 990. The van der Waals surface area contributed by atoms with E-state index in [1.165, 1.54) is 140 Å². The summed E-state index contributed by atoms with van der Waals surface area (Å²) in [6.45, 7) is -0.419. The summed E-state index contributed by atoms with van der Waals surface area (Å²) >= 11 is 8.58. The third kappa shape index (κ3) is 8.55. The molecule has 0 unspecified atom stereocenters. The second-order valence-corrected chi connectivity index (χ2v) is 22.1. The van der Waals surface area contributed by atoms with Crippen molar-refractivity contribution in [1.29, 1.82) is 0 Å². The number of hydrogen-bond acceptors (Lipinski definition) is 5. The average molecular weight is 653 g/mol. The van der Waals surface area contributed by atoms with E-state index in [0.29, 0.717) is 12.0 Å². The number of hydrogen-bond donors (Lipinski definition) is 3. The third-order valence-corrected chi connectivity index (χ3v) is 22.3. The van der Waals surface area contributed by atoms with E-state index in [-0.39, 0.29) is 11.6 Å². The average Bonchev–Trinajstić information content (AvgIpc) is 3.07. The molecule has 7 nitrogen and oxygen atoms in total. The molecule has 0 aromatic heterocycles. The maximum absolute atomic E-state index is 12.6. The van der Waals surface area contributed by atoms with E-state index >= 15 is 0 Å². The number of aliphatic hydroxyl groups excluding tert-OH is 2. The Morgan fingerprint density at radius 1 is 0.818 bits per heavy atom. The van der Waals surface area contributed by atoms with Gasteiger partial charge in [0.1, 0.15) is 0 Å². The summed E-state index contributed by atoms with van der Waals surface area (Å²) in [6, 6.07) is 4.67. The van der Waals surface area contributed by atoms with Crippen molar-refractivity contribution in [2.45, 2.75) is 164 Å². The molecule has 1 amide bonds. The molecule has 44 heavy (non-hydrogen) atoms. The van der Waals surface area contributed by atoms with Crippen molar-refractivity contribution in [3.63, 3.8) is 0 Å². The maximum atomic E-state index is 12.6. The number of rotatable bonds is 16. The Kier molecular flexibility index (Phi) is 13.8. The standard InChI is InChI=1S/C35H58ClN2O5P/c36-44(30-15-7-4-8-16-30,31-17-9-5-10-18-31,32-19-11-6-12-20-32)26-14-3-1-2-13-21-34(40)37-33(27-39)35(41)28-22-24-29(25-23-28)38(42)43/h22-25,30-33,35,39,41H,1-21,26-27H2,(H,37,40)/t33-,35-/m1/s1. The van der Waals surface area contributed by atoms with Crippen molar-refractivity contribution >= 4 is 28.8 Å². The van der Waals surface area contributed by atoms with Gasteiger partial charge in [-0.3, -0.25) is 10.1 Å². The number of aliphatic hydroxyl groups is 2. The molecule has 0 spiro atoms. The molecule has 0 saturated heterocycles. The monoisotopic (exact) mass is 652 g/mol. The first-order valence-electron chi connectivity index (χ1n) is 17.8. The molecule has 0 aliphatic heterocycles. The fourth-order valence-corrected chi connectivity index (χ4v) is 19.7. The summed E-state index contributed by atoms with van der Waals surface area (Å²) in [5.41, 5.74) is 2.70. The number of nitro groups is 1. The van der Waals surface area contributed by atoms with Gasteiger partial charge in [-0.05, 0) is 12.1 Å². The van der Waals surface area contributed by atoms with Gasteiger partial charge in [0.15, 0.2) is 0 Å². The number of amides is 1. The zero-order chi connectivity index (χ0) is 31.4. The molecule has 0 bridgehead atoms. The van der Waals surface area contributed by atoms with Gasteiger partial charge in [0.25, 0.3) is 5.69 Å². The molecule has 3 fully saturated rings. The van der Waals surface area contributed by atoms with E-state index in [1.807, 2.05) is 0 Å². The smallest absolute Gasteiger partial charge is 0.258 e. The zero-order valence-electron chi connectivity index (χ0n) is 26.9. The van der Waals surface area contributed by atoms with Crippen molar-refractivity contribution in [3.05, 3.63) is 39.9 Å². The zero-order valence-corrected chi connectivity index (χ0v) is 28.5. The molecule has 3 saturated carbocycles. The predicted octanol–water partition coefficient (Wildman–Crippen LogP) is 9.15. The number of nitro benzene ring substituents is 1. The summed E-state index contributed by atoms with van der Waals surface area (Å²) in [7, 11) is 0. The molecule has 9 heteroatoms. The van der Waals surface area contributed by atoms with Crippen molar-refractivity contribution < 1.29 is 19.9 Å². The number of unbranched alkanes of at least 4 members (excludes halogenated alkanes) is 4. The Hall–Kier alpha value is -1.27. The van der Waals surface area contributed by atoms with Gasteiger partial charge >= 0.3 is 226 Å². The van der Waals surface area contributed by atoms with E-state index in [2.05, 4.69) is 5.32 Å². The van der Waals surface area contributed by atoms with Crippen LogP contribution in [0.5, 0.6) is 0 Å². The summed E-state index contributed by atoms with van der Waals surface area (Å²) in [5, 5.41) is 34.1. The van der Waals surface area contributed by atoms with Gasteiger partial charge in [0.2, 0.25) is 0 Å². The van der Waals surface area contributed by atoms with E-state index in [1.54, 1.807) is 0 Å². The van der Waals surface area contributed by atoms with Crippen LogP contribution in [0, 0.1) is 10.1 Å². The number of nitrogens with zero attached hydrogens (tertiary/aromatic N) is 1. The minimum absolute atomic E-state index is 0.0726. The summed E-state index contributed by atoms with van der Waals surface area (Å²) < 4.78 is 0. The predicted molar refractivity (Wildman–Crippen MR) is 183 cm³/mol. The first-order valence-corrected chi connectivity index (χ1v) is 21.4. The number of halogens is 1. The molecule has 0 radical (unpaired) electrons. The number of nitrogens with one attached hydrogen (secondary N) is 1. The van der Waals surface area contributed by atoms with Crippen LogP contribution in [-0.2, 0) is 4.79 Å². The minimum Gasteiger partial charge on any atom is -0.258 e. The number of carbonyl (C=O) groups excluding carboxylic acids is 1. The van der Waals surface area contributed by atoms with Gasteiger partial charge in [0.05, 0.1) is 4.92 Å². The summed E-state index contributed by atoms with van der Waals surface area (Å²) in [4.78, 5) is 23.0. The van der Waals surface area contributed by atoms with Gasteiger partial charge in [0, 0.05) is 12.1 Å². The van der Waals surface area contributed by atoms with E-state index < -0.39 is 29.6 Å². The van der Waals surface area contributed by atoms with Crippen LogP contribution < -0.4 is 5.32 Å². The molecule has 3 N–H and O–H groups in total. The van der Waals surface area contributed by atoms with E-state index in [0.717, 1.165) is 36.2 Å². The van der Waals surface area contributed by atoms with Crippen LogP contribution in [0.4, 0.5) is 5.69 Å². The fraction of sp³-hybridized carbons (Fsp3) is 0.800. The normalized spacial score (nSPS) is 21.7. The van der Waals surface area contributed by atoms with Crippen LogP contribution in [0.25, 0.3) is 0 Å². The third-order valence-electron chi connectivity index (χ3n) is 11.6. The summed E-state index contributed by atoms with van der Waals surface area (Å²) in [6.07, 6.45) is 26.4. The Morgan fingerprint density at radius 2 is 1.27 bits per heavy atom. The molecule has 3 aliphatic carbocycles. The molecule has 2 atom stereocenters. The van der Waals surface area contributed by atoms with Crippen LogP contribution in [0.2, 0.25) is 0 Å². The molecule has 1 aromatic rings. The number of non-ortho nitro benzene ring substituents is 1. The molecule has 250 valence electrons. The molecule has 3 aliphatic rings. The second kappa shape index (κ2) is 17.0. The van der Waals surface area contributed by atoms with E-state index in [9.17, 15) is 25.1 Å². The van der Waals surface area contributed by atoms with Gasteiger partial charge in [-0.15, -0.1) is 0 Å². The van der Waals surface area contributed by atoms with Crippen molar-refractivity contribution in [2.75, 3.05) is 12.8 Å². The molecular formula is C35H58ClN2O5P. The Labute approximate surface area is 270 Å². The van der Waals surface area contributed by atoms with Crippen molar-refractivity contribution in [1.82, 2.24) is 5.32 Å². The SMILES string of the molecule is O=C(CCCCCCCP(Cl)(C1CCCCC1)(C1CCCCC1)C1CCCCC1)N[C@H](CO)[C@H](O)c1ccc([N+](=O)[O-])cc1. The van der Waals surface area contributed by atoms with Crippen LogP contribution in [0.15, 0.2) is 24.3 Å². The molecular weight excluding hydrogens is 595 g/mol. The van der Waals surface area contributed by atoms with Crippen LogP contribution >= 0.6 is 17.2 Å². The summed E-state index contributed by atoms with van der Waals surface area (Å²) in [5.74, 6) is -2.63. The number of carbonyl (C=O) groups is 1. The van der Waals surface area contributed by atoms with Crippen molar-refractivity contribution in [3.8, 4) is 0 Å². The fourth-order valence-electron chi connectivity index (χ4n) is 9.21. The Balaban J connectivity index is 1.27. The van der Waals surface area contributed by atoms with Gasteiger partial charge < -0.3 is 0 Å². The first-order chi connectivity index (χ1) is 21.3. The second-order valence-electron chi connectivity index (χ2n) is 14.2. The molecule has 0 heterocycles. The van der Waals surface area contributed by atoms with Crippen LogP contribution in [0.3, 0.4) is 0 Å². The van der Waals surface area contributed by atoms with Crippen LogP contribution in [-0.4, -0.2) is 56.8 Å². The topological polar surface area (TPSA) is 113 Å². The van der Waals surface area contributed by atoms with Gasteiger partial charge in [-0.1, -0.05) is 0 Å². The Morgan fingerprint density at radius 3 is 1.73 bits per heavy atom. The molecule has 1 aromatic carbocycles. The molecule has 4 rings (SSSR count). The first kappa shape index (κ1) is 35.6. The van der Waals surface area contributed by atoms with Gasteiger partial charge in [-0.25, -0.2) is 0 Å². The van der Waals surface area contributed by atoms with E-state index in [4.69, 9.17) is 11.2 Å². The number of benzene rings is 1. The van der Waals surface area contributed by atoms with Crippen molar-refractivity contribution in [2.24, 2.45) is 0 Å². The quantitative estimate of drug-likeness (QED) is 0.0713. The van der Waals surface area contributed by atoms with Gasteiger partial charge in [-0.2, -0.15) is 0 Å².